The molecule has 1 fully saturated rings. The van der Waals surface area contributed by atoms with Crippen molar-refractivity contribution in [3.63, 3.8) is 0 Å². The molecule has 1 aliphatic rings. The number of benzene rings is 2. The fraction of sp³-hybridized carbons (Fsp3) is 0.538. The van der Waals surface area contributed by atoms with Crippen LogP contribution in [0.5, 0.6) is 0 Å². The molecule has 0 bridgehead atoms. The van der Waals surface area contributed by atoms with Crippen LogP contribution >= 0.6 is 0 Å². The molecule has 0 aliphatic heterocycles. The van der Waals surface area contributed by atoms with Crippen LogP contribution < -0.4 is 0 Å². The van der Waals surface area contributed by atoms with Crippen molar-refractivity contribution < 1.29 is 13.2 Å². The van der Waals surface area contributed by atoms with E-state index in [0.717, 1.165) is 24.5 Å². The minimum Gasteiger partial charge on any atom is -0.204 e. The van der Waals surface area contributed by atoms with Gasteiger partial charge in [-0.1, -0.05) is 70.2 Å². The highest BCUT2D eigenvalue weighted by molar-refractivity contribution is 5.64. The van der Waals surface area contributed by atoms with Gasteiger partial charge in [-0.25, -0.2) is 13.2 Å². The second-order valence-corrected chi connectivity index (χ2v) is 8.80. The lowest BCUT2D eigenvalue weighted by Gasteiger charge is -2.41. The fourth-order valence-corrected chi connectivity index (χ4v) is 5.10. The topological polar surface area (TPSA) is 0 Å². The molecule has 0 N–H and O–H groups in total. The molecule has 0 amide bonds. The smallest absolute Gasteiger partial charge is 0.194 e. The molecule has 0 aromatic heterocycles. The summed E-state index contributed by atoms with van der Waals surface area (Å²) in [7, 11) is 0. The Labute approximate surface area is 173 Å². The van der Waals surface area contributed by atoms with E-state index in [-0.39, 0.29) is 5.41 Å². The van der Waals surface area contributed by atoms with Gasteiger partial charge in [0.25, 0.3) is 0 Å². The van der Waals surface area contributed by atoms with Crippen LogP contribution in [0.3, 0.4) is 0 Å². The highest BCUT2D eigenvalue weighted by Crippen LogP contribution is 2.46. The monoisotopic (exact) mass is 402 g/mol. The van der Waals surface area contributed by atoms with Crippen molar-refractivity contribution in [2.24, 2.45) is 5.92 Å². The molecule has 1 saturated carbocycles. The van der Waals surface area contributed by atoms with Crippen LogP contribution in [0.2, 0.25) is 0 Å². The maximum Gasteiger partial charge on any atom is 0.194 e. The summed E-state index contributed by atoms with van der Waals surface area (Å²) >= 11 is 0. The van der Waals surface area contributed by atoms with Crippen LogP contribution in [0.4, 0.5) is 13.2 Å². The van der Waals surface area contributed by atoms with Crippen LogP contribution in [-0.4, -0.2) is 0 Å². The Morgan fingerprint density at radius 2 is 1.45 bits per heavy atom. The highest BCUT2D eigenvalue weighted by Gasteiger charge is 2.35. The largest absolute Gasteiger partial charge is 0.204 e. The summed E-state index contributed by atoms with van der Waals surface area (Å²) in [5.41, 5.74) is 2.63. The molecular weight excluding hydrogens is 369 g/mol. The van der Waals surface area contributed by atoms with Crippen molar-refractivity contribution in [2.75, 3.05) is 0 Å². The van der Waals surface area contributed by atoms with Crippen molar-refractivity contribution in [1.82, 2.24) is 0 Å². The molecule has 0 spiro atoms. The molecule has 158 valence electrons. The molecule has 0 saturated heterocycles. The average Bonchev–Trinajstić information content (AvgIpc) is 2.73. The van der Waals surface area contributed by atoms with Gasteiger partial charge in [0.05, 0.1) is 0 Å². The van der Waals surface area contributed by atoms with Crippen LogP contribution in [0.15, 0.2) is 36.4 Å². The van der Waals surface area contributed by atoms with E-state index in [1.807, 2.05) is 12.1 Å². The first-order valence-electron chi connectivity index (χ1n) is 11.2. The van der Waals surface area contributed by atoms with Gasteiger partial charge in [0.1, 0.15) is 0 Å². The Bertz CT molecular complexity index is 763. The number of hydrogen-bond donors (Lipinski definition) is 0. The van der Waals surface area contributed by atoms with Crippen molar-refractivity contribution >= 4 is 0 Å². The van der Waals surface area contributed by atoms with Crippen LogP contribution in [0, 0.1) is 23.4 Å². The molecule has 2 aromatic rings. The fourth-order valence-electron chi connectivity index (χ4n) is 5.10. The normalized spacial score (nSPS) is 22.0. The number of unbranched alkanes of at least 4 members (excludes halogenated alkanes) is 2. The maximum absolute atomic E-state index is 13.6. The molecule has 0 heterocycles. The molecule has 1 aliphatic carbocycles. The molecular formula is C26H33F3. The first-order valence-corrected chi connectivity index (χ1v) is 11.2. The zero-order valence-corrected chi connectivity index (χ0v) is 17.7. The summed E-state index contributed by atoms with van der Waals surface area (Å²) in [5, 5.41) is 0. The van der Waals surface area contributed by atoms with Gasteiger partial charge in [0.15, 0.2) is 17.5 Å². The molecule has 0 radical (unpaired) electrons. The molecule has 29 heavy (non-hydrogen) atoms. The Hall–Kier alpha value is -1.77. The molecule has 3 heteroatoms. The van der Waals surface area contributed by atoms with Gasteiger partial charge in [-0.2, -0.15) is 0 Å². The molecule has 3 rings (SSSR count). The lowest BCUT2D eigenvalue weighted by molar-refractivity contribution is 0.206. The van der Waals surface area contributed by atoms with E-state index in [9.17, 15) is 13.2 Å². The Morgan fingerprint density at radius 1 is 0.828 bits per heavy atom. The number of hydrogen-bond acceptors (Lipinski definition) is 0. The molecule has 0 atom stereocenters. The van der Waals surface area contributed by atoms with Crippen molar-refractivity contribution in [3.05, 3.63) is 59.4 Å². The van der Waals surface area contributed by atoms with Crippen molar-refractivity contribution in [2.45, 2.75) is 83.5 Å². The standard InChI is InChI=1S/C26H33F3/c1-3-5-6-7-19-12-15-26(14-4-2,16-13-19)22-10-8-20(9-11-22)21-17-23(27)25(29)24(28)18-21/h8-11,17-19H,3-7,12-16H2,1-2H3/t19-,26-. The number of halogens is 3. The van der Waals surface area contributed by atoms with Gasteiger partial charge in [-0.3, -0.25) is 0 Å². The minimum absolute atomic E-state index is 0.216. The van der Waals surface area contributed by atoms with Crippen LogP contribution in [0.25, 0.3) is 11.1 Å². The van der Waals surface area contributed by atoms with E-state index in [1.54, 1.807) is 0 Å². The quantitative estimate of drug-likeness (QED) is 0.306. The SMILES string of the molecule is CCCCC[C@H]1CC[C@](CCC)(c2ccc(-c3cc(F)c(F)c(F)c3)cc2)CC1. The summed E-state index contributed by atoms with van der Waals surface area (Å²) in [6, 6.07) is 10.2. The predicted octanol–water partition coefficient (Wildman–Crippen LogP) is 8.58. The summed E-state index contributed by atoms with van der Waals surface area (Å²) in [5.74, 6) is -2.85. The minimum atomic E-state index is -1.41. The van der Waals surface area contributed by atoms with Gasteiger partial charge < -0.3 is 0 Å². The lowest BCUT2D eigenvalue weighted by atomic mass is 9.64. The molecule has 0 unspecified atom stereocenters. The maximum atomic E-state index is 13.6. The van der Waals surface area contributed by atoms with Gasteiger partial charge in [-0.15, -0.1) is 0 Å². The first kappa shape index (κ1) is 21.9. The summed E-state index contributed by atoms with van der Waals surface area (Å²) in [4.78, 5) is 0. The Morgan fingerprint density at radius 3 is 2.00 bits per heavy atom. The zero-order chi connectivity index (χ0) is 20.9. The second-order valence-electron chi connectivity index (χ2n) is 8.80. The van der Waals surface area contributed by atoms with Crippen molar-refractivity contribution in [1.29, 1.82) is 0 Å². The highest BCUT2D eigenvalue weighted by atomic mass is 19.2. The van der Waals surface area contributed by atoms with Gasteiger partial charge >= 0.3 is 0 Å². The van der Waals surface area contributed by atoms with E-state index in [0.29, 0.717) is 11.1 Å². The Kier molecular flexibility index (Phi) is 7.43. The molecule has 2 aromatic carbocycles. The van der Waals surface area contributed by atoms with E-state index < -0.39 is 17.5 Å². The summed E-state index contributed by atoms with van der Waals surface area (Å²) in [6.07, 6.45) is 12.7. The zero-order valence-electron chi connectivity index (χ0n) is 17.7. The van der Waals surface area contributed by atoms with Gasteiger partial charge in [-0.05, 0) is 72.3 Å². The van der Waals surface area contributed by atoms with Gasteiger partial charge in [0.2, 0.25) is 0 Å². The summed E-state index contributed by atoms with van der Waals surface area (Å²) < 4.78 is 40.4. The third kappa shape index (κ3) is 5.05. The summed E-state index contributed by atoms with van der Waals surface area (Å²) in [6.45, 7) is 4.50. The first-order chi connectivity index (χ1) is 14.0. The van der Waals surface area contributed by atoms with Gasteiger partial charge in [0, 0.05) is 0 Å². The average molecular weight is 403 g/mol. The van der Waals surface area contributed by atoms with E-state index >= 15 is 0 Å². The second kappa shape index (κ2) is 9.82. The van der Waals surface area contributed by atoms with E-state index in [2.05, 4.69) is 26.0 Å². The van der Waals surface area contributed by atoms with Crippen LogP contribution in [-0.2, 0) is 5.41 Å². The third-order valence-electron chi connectivity index (χ3n) is 6.82. The van der Waals surface area contributed by atoms with E-state index in [4.69, 9.17) is 0 Å². The van der Waals surface area contributed by atoms with Crippen LogP contribution in [0.1, 0.15) is 83.6 Å². The third-order valence-corrected chi connectivity index (χ3v) is 6.82. The Balaban J connectivity index is 1.76. The van der Waals surface area contributed by atoms with E-state index in [1.165, 1.54) is 63.4 Å². The lowest BCUT2D eigenvalue weighted by Crippen LogP contribution is -2.31. The van der Waals surface area contributed by atoms with Crippen molar-refractivity contribution in [3.8, 4) is 11.1 Å². The number of rotatable bonds is 8. The molecule has 0 nitrogen and oxygen atoms in total. The predicted molar refractivity (Wildman–Crippen MR) is 114 cm³/mol.